The monoisotopic (exact) mass is 289 g/mol. The summed E-state index contributed by atoms with van der Waals surface area (Å²) in [6.45, 7) is 4.83. The van der Waals surface area contributed by atoms with Crippen molar-refractivity contribution in [2.75, 3.05) is 19.7 Å². The predicted octanol–water partition coefficient (Wildman–Crippen LogP) is 2.19. The van der Waals surface area contributed by atoms with Crippen molar-refractivity contribution in [2.45, 2.75) is 43.5 Å². The number of piperidine rings is 1. The van der Waals surface area contributed by atoms with E-state index in [1.165, 1.54) is 0 Å². The molecule has 0 aromatic rings. The zero-order chi connectivity index (χ0) is 11.5. The lowest BCUT2D eigenvalue weighted by Crippen LogP contribution is -2.44. The number of likely N-dealkylation sites (tertiary alicyclic amines) is 1. The van der Waals surface area contributed by atoms with Crippen LogP contribution in [-0.4, -0.2) is 41.4 Å². The Bertz CT molecular complexity index is 253. The van der Waals surface area contributed by atoms with Crippen LogP contribution in [0.3, 0.4) is 0 Å². The highest BCUT2D eigenvalue weighted by atomic mass is 79.9. The molecule has 0 aromatic heterocycles. The fraction of sp³-hybridized carbons (Fsp3) is 0.917. The molecule has 2 aliphatic heterocycles. The fourth-order valence-electron chi connectivity index (χ4n) is 2.38. The molecular weight excluding hydrogens is 270 g/mol. The second-order valence-corrected chi connectivity index (χ2v) is 6.14. The van der Waals surface area contributed by atoms with Crippen molar-refractivity contribution in [3.05, 3.63) is 0 Å². The van der Waals surface area contributed by atoms with Gasteiger partial charge in [0.15, 0.2) is 0 Å². The molecule has 0 aliphatic carbocycles. The van der Waals surface area contributed by atoms with Gasteiger partial charge in [-0.15, -0.1) is 0 Å². The topological polar surface area (TPSA) is 29.5 Å². The molecule has 0 N–H and O–H groups in total. The van der Waals surface area contributed by atoms with Crippen LogP contribution in [0, 0.1) is 5.92 Å². The molecule has 0 spiro atoms. The van der Waals surface area contributed by atoms with E-state index < -0.39 is 0 Å². The number of halogens is 1. The lowest BCUT2D eigenvalue weighted by Gasteiger charge is -2.34. The highest BCUT2D eigenvalue weighted by Crippen LogP contribution is 2.24. The van der Waals surface area contributed by atoms with E-state index in [-0.39, 0.29) is 12.0 Å². The SMILES string of the molecule is CC1CCN(C(=O)CC2CCCO2)CC1Br. The highest BCUT2D eigenvalue weighted by Gasteiger charge is 2.29. The van der Waals surface area contributed by atoms with Gasteiger partial charge < -0.3 is 9.64 Å². The number of carbonyl (C=O) groups is 1. The van der Waals surface area contributed by atoms with Crippen LogP contribution < -0.4 is 0 Å². The first-order chi connectivity index (χ1) is 7.66. The molecule has 3 unspecified atom stereocenters. The van der Waals surface area contributed by atoms with Gasteiger partial charge >= 0.3 is 0 Å². The quantitative estimate of drug-likeness (QED) is 0.730. The highest BCUT2D eigenvalue weighted by molar-refractivity contribution is 9.09. The molecule has 2 heterocycles. The van der Waals surface area contributed by atoms with E-state index in [4.69, 9.17) is 4.74 Å². The Morgan fingerprint density at radius 3 is 2.94 bits per heavy atom. The van der Waals surface area contributed by atoms with Gasteiger partial charge in [-0.25, -0.2) is 0 Å². The summed E-state index contributed by atoms with van der Waals surface area (Å²) in [7, 11) is 0. The van der Waals surface area contributed by atoms with Crippen molar-refractivity contribution in [1.82, 2.24) is 4.90 Å². The Labute approximate surface area is 106 Å². The molecule has 0 saturated carbocycles. The van der Waals surface area contributed by atoms with E-state index >= 15 is 0 Å². The number of carbonyl (C=O) groups excluding carboxylic acids is 1. The third-order valence-corrected chi connectivity index (χ3v) is 4.84. The van der Waals surface area contributed by atoms with Crippen LogP contribution in [-0.2, 0) is 9.53 Å². The van der Waals surface area contributed by atoms with E-state index in [2.05, 4.69) is 22.9 Å². The summed E-state index contributed by atoms with van der Waals surface area (Å²) < 4.78 is 5.50. The number of alkyl halides is 1. The average molecular weight is 290 g/mol. The van der Waals surface area contributed by atoms with Crippen molar-refractivity contribution < 1.29 is 9.53 Å². The van der Waals surface area contributed by atoms with E-state index in [0.29, 0.717) is 17.2 Å². The molecule has 2 rings (SSSR count). The maximum absolute atomic E-state index is 12.0. The first kappa shape index (κ1) is 12.4. The van der Waals surface area contributed by atoms with Gasteiger partial charge in [-0.3, -0.25) is 4.79 Å². The number of rotatable bonds is 2. The third kappa shape index (κ3) is 2.98. The molecule has 4 heteroatoms. The summed E-state index contributed by atoms with van der Waals surface area (Å²) in [5, 5.41) is 0. The first-order valence-electron chi connectivity index (χ1n) is 6.20. The number of nitrogens with zero attached hydrogens (tertiary/aromatic N) is 1. The molecule has 16 heavy (non-hydrogen) atoms. The number of hydrogen-bond acceptors (Lipinski definition) is 2. The fourth-order valence-corrected chi connectivity index (χ4v) is 2.99. The van der Waals surface area contributed by atoms with Gasteiger partial charge in [0.05, 0.1) is 12.5 Å². The smallest absolute Gasteiger partial charge is 0.225 e. The van der Waals surface area contributed by atoms with Gasteiger partial charge in [0.25, 0.3) is 0 Å². The van der Waals surface area contributed by atoms with E-state index in [9.17, 15) is 4.79 Å². The minimum absolute atomic E-state index is 0.181. The van der Waals surface area contributed by atoms with Crippen LogP contribution in [0.4, 0.5) is 0 Å². The molecular formula is C12H20BrNO2. The maximum atomic E-state index is 12.0. The average Bonchev–Trinajstić information content (AvgIpc) is 2.74. The Morgan fingerprint density at radius 1 is 1.50 bits per heavy atom. The van der Waals surface area contributed by atoms with Crippen molar-refractivity contribution in [2.24, 2.45) is 5.92 Å². The largest absolute Gasteiger partial charge is 0.378 e. The van der Waals surface area contributed by atoms with Gasteiger partial charge in [-0.05, 0) is 25.2 Å². The number of ether oxygens (including phenoxy) is 1. The van der Waals surface area contributed by atoms with Crippen molar-refractivity contribution in [1.29, 1.82) is 0 Å². The van der Waals surface area contributed by atoms with Gasteiger partial charge in [-0.2, -0.15) is 0 Å². The van der Waals surface area contributed by atoms with Gasteiger partial charge in [0.2, 0.25) is 5.91 Å². The van der Waals surface area contributed by atoms with Crippen LogP contribution in [0.5, 0.6) is 0 Å². The maximum Gasteiger partial charge on any atom is 0.225 e. The summed E-state index contributed by atoms with van der Waals surface area (Å²) in [5.74, 6) is 0.940. The second-order valence-electron chi connectivity index (χ2n) is 4.96. The summed E-state index contributed by atoms with van der Waals surface area (Å²) in [6.07, 6.45) is 4.02. The molecule has 2 fully saturated rings. The molecule has 0 radical (unpaired) electrons. The Morgan fingerprint density at radius 2 is 2.31 bits per heavy atom. The Kier molecular flexibility index (Phi) is 4.25. The van der Waals surface area contributed by atoms with Crippen LogP contribution >= 0.6 is 15.9 Å². The summed E-state index contributed by atoms with van der Waals surface area (Å²) in [4.78, 5) is 14.5. The van der Waals surface area contributed by atoms with Crippen molar-refractivity contribution in [3.63, 3.8) is 0 Å². The predicted molar refractivity (Wildman–Crippen MR) is 66.7 cm³/mol. The number of amides is 1. The standard InChI is InChI=1S/C12H20BrNO2/c1-9-4-5-14(8-11(9)13)12(15)7-10-3-2-6-16-10/h9-11H,2-8H2,1H3. The summed E-state index contributed by atoms with van der Waals surface area (Å²) in [6, 6.07) is 0. The Balaban J connectivity index is 1.80. The minimum atomic E-state index is 0.181. The van der Waals surface area contributed by atoms with Crippen LogP contribution in [0.2, 0.25) is 0 Å². The van der Waals surface area contributed by atoms with E-state index in [1.54, 1.807) is 0 Å². The zero-order valence-electron chi connectivity index (χ0n) is 9.82. The molecule has 0 aromatic carbocycles. The molecule has 3 nitrogen and oxygen atoms in total. The summed E-state index contributed by atoms with van der Waals surface area (Å²) >= 11 is 3.65. The first-order valence-corrected chi connectivity index (χ1v) is 7.12. The lowest BCUT2D eigenvalue weighted by molar-refractivity contribution is -0.134. The van der Waals surface area contributed by atoms with Gasteiger partial charge in [0.1, 0.15) is 0 Å². The molecule has 2 saturated heterocycles. The zero-order valence-corrected chi connectivity index (χ0v) is 11.4. The molecule has 0 bridgehead atoms. The lowest BCUT2D eigenvalue weighted by atomic mass is 9.98. The van der Waals surface area contributed by atoms with Crippen LogP contribution in [0.25, 0.3) is 0 Å². The molecule has 92 valence electrons. The minimum Gasteiger partial charge on any atom is -0.378 e. The van der Waals surface area contributed by atoms with Crippen LogP contribution in [0.15, 0.2) is 0 Å². The molecule has 2 aliphatic rings. The molecule has 3 atom stereocenters. The van der Waals surface area contributed by atoms with Crippen molar-refractivity contribution in [3.8, 4) is 0 Å². The number of hydrogen-bond donors (Lipinski definition) is 0. The Hall–Kier alpha value is -0.0900. The molecule has 1 amide bonds. The van der Waals surface area contributed by atoms with E-state index in [1.807, 2.05) is 4.90 Å². The van der Waals surface area contributed by atoms with Gasteiger partial charge in [-0.1, -0.05) is 22.9 Å². The normalized spacial score (nSPS) is 35.4. The van der Waals surface area contributed by atoms with Crippen LogP contribution in [0.1, 0.15) is 32.6 Å². The summed E-state index contributed by atoms with van der Waals surface area (Å²) in [5.41, 5.74) is 0. The second kappa shape index (κ2) is 5.50. The van der Waals surface area contributed by atoms with E-state index in [0.717, 1.165) is 39.0 Å². The third-order valence-electron chi connectivity index (χ3n) is 3.65. The van der Waals surface area contributed by atoms with Crippen molar-refractivity contribution >= 4 is 21.8 Å². The van der Waals surface area contributed by atoms with Gasteiger partial charge in [0, 0.05) is 24.5 Å².